The summed E-state index contributed by atoms with van der Waals surface area (Å²) in [4.78, 5) is 14.3. The van der Waals surface area contributed by atoms with Gasteiger partial charge in [0, 0.05) is 6.04 Å². The van der Waals surface area contributed by atoms with E-state index in [0.717, 1.165) is 19.0 Å². The third kappa shape index (κ3) is 1.90. The normalized spacial score (nSPS) is 15.4. The number of rotatable bonds is 3. The first-order valence-electron chi connectivity index (χ1n) is 3.95. The summed E-state index contributed by atoms with van der Waals surface area (Å²) in [6.45, 7) is 0. The van der Waals surface area contributed by atoms with Crippen LogP contribution in [0.4, 0.5) is 5.95 Å². The summed E-state index contributed by atoms with van der Waals surface area (Å²) in [5, 5.41) is 18.8. The maximum absolute atomic E-state index is 10.5. The predicted molar refractivity (Wildman–Crippen MR) is 43.4 cm³/mol. The van der Waals surface area contributed by atoms with Crippen LogP contribution in [0, 0.1) is 0 Å². The molecule has 0 atom stereocenters. The van der Waals surface area contributed by atoms with Gasteiger partial charge in [0.25, 0.3) is 0 Å². The maximum atomic E-state index is 10.5. The van der Waals surface area contributed by atoms with Gasteiger partial charge in [-0.3, -0.25) is 0 Å². The number of hydrogen-bond acceptors (Lipinski definition) is 5. The van der Waals surface area contributed by atoms with Crippen LogP contribution in [0.2, 0.25) is 0 Å². The molecule has 1 aromatic heterocycles. The molecular weight excluding hydrogens is 172 g/mol. The second-order valence-corrected chi connectivity index (χ2v) is 2.89. The van der Waals surface area contributed by atoms with E-state index in [4.69, 9.17) is 5.11 Å². The van der Waals surface area contributed by atoms with Gasteiger partial charge in [-0.15, -0.1) is 5.10 Å². The van der Waals surface area contributed by atoms with E-state index in [-0.39, 0.29) is 5.69 Å². The second kappa shape index (κ2) is 2.96. The van der Waals surface area contributed by atoms with Gasteiger partial charge in [0.2, 0.25) is 5.95 Å². The van der Waals surface area contributed by atoms with E-state index in [1.54, 1.807) is 0 Å². The molecule has 6 heteroatoms. The average molecular weight is 180 g/mol. The Morgan fingerprint density at radius 2 is 2.38 bits per heavy atom. The van der Waals surface area contributed by atoms with Crippen molar-refractivity contribution in [2.75, 3.05) is 5.32 Å². The lowest BCUT2D eigenvalue weighted by Gasteiger charge is -2.00. The monoisotopic (exact) mass is 180 g/mol. The Hall–Kier alpha value is -1.72. The fourth-order valence-electron chi connectivity index (χ4n) is 0.878. The van der Waals surface area contributed by atoms with Crippen LogP contribution in [0.15, 0.2) is 6.20 Å². The quantitative estimate of drug-likeness (QED) is 0.688. The van der Waals surface area contributed by atoms with E-state index in [2.05, 4.69) is 20.5 Å². The molecule has 68 valence electrons. The molecule has 0 unspecified atom stereocenters. The van der Waals surface area contributed by atoms with Crippen LogP contribution in [-0.4, -0.2) is 32.3 Å². The Balaban J connectivity index is 2.15. The van der Waals surface area contributed by atoms with Crippen LogP contribution >= 0.6 is 0 Å². The Kier molecular flexibility index (Phi) is 1.80. The zero-order valence-corrected chi connectivity index (χ0v) is 6.77. The standard InChI is InChI=1S/C7H8N4O2/c12-6(13)5-3-8-11-7(10-5)9-4-1-2-4/h3-4H,1-2H2,(H,12,13)(H,9,10,11). The minimum atomic E-state index is -1.09. The lowest BCUT2D eigenvalue weighted by atomic mass is 10.5. The van der Waals surface area contributed by atoms with Crippen molar-refractivity contribution in [3.63, 3.8) is 0 Å². The molecule has 0 aliphatic heterocycles. The average Bonchev–Trinajstić information content (AvgIpc) is 2.89. The van der Waals surface area contributed by atoms with E-state index in [1.165, 1.54) is 0 Å². The van der Waals surface area contributed by atoms with Crippen molar-refractivity contribution in [3.05, 3.63) is 11.9 Å². The molecular formula is C7H8N4O2. The number of aromatic nitrogens is 3. The lowest BCUT2D eigenvalue weighted by molar-refractivity contribution is 0.0689. The first kappa shape index (κ1) is 7.90. The Labute approximate surface area is 74.0 Å². The number of nitrogens with zero attached hydrogens (tertiary/aromatic N) is 3. The molecule has 1 fully saturated rings. The molecule has 1 aromatic rings. The van der Waals surface area contributed by atoms with Crippen molar-refractivity contribution in [1.29, 1.82) is 0 Å². The zero-order valence-electron chi connectivity index (χ0n) is 6.77. The summed E-state index contributed by atoms with van der Waals surface area (Å²) in [5.74, 6) is -0.795. The van der Waals surface area contributed by atoms with Gasteiger partial charge in [-0.1, -0.05) is 0 Å². The highest BCUT2D eigenvalue weighted by atomic mass is 16.4. The maximum Gasteiger partial charge on any atom is 0.356 e. The summed E-state index contributed by atoms with van der Waals surface area (Å²) in [6, 6.07) is 0.394. The van der Waals surface area contributed by atoms with Gasteiger partial charge in [0.1, 0.15) is 0 Å². The summed E-state index contributed by atoms with van der Waals surface area (Å²) in [6.07, 6.45) is 3.29. The van der Waals surface area contributed by atoms with Crippen molar-refractivity contribution in [3.8, 4) is 0 Å². The second-order valence-electron chi connectivity index (χ2n) is 2.89. The molecule has 1 aliphatic rings. The molecule has 1 saturated carbocycles. The van der Waals surface area contributed by atoms with Gasteiger partial charge >= 0.3 is 5.97 Å². The van der Waals surface area contributed by atoms with Crippen molar-refractivity contribution < 1.29 is 9.90 Å². The number of nitrogens with one attached hydrogen (secondary N) is 1. The molecule has 0 amide bonds. The van der Waals surface area contributed by atoms with E-state index in [1.807, 2.05) is 0 Å². The first-order valence-corrected chi connectivity index (χ1v) is 3.95. The molecule has 6 nitrogen and oxygen atoms in total. The fraction of sp³-hybridized carbons (Fsp3) is 0.429. The molecule has 0 aromatic carbocycles. The van der Waals surface area contributed by atoms with Crippen LogP contribution in [0.3, 0.4) is 0 Å². The summed E-state index contributed by atoms with van der Waals surface area (Å²) in [5.41, 5.74) is -0.0850. The van der Waals surface area contributed by atoms with E-state index >= 15 is 0 Å². The van der Waals surface area contributed by atoms with Gasteiger partial charge in [-0.05, 0) is 12.8 Å². The lowest BCUT2D eigenvalue weighted by Crippen LogP contribution is -2.10. The van der Waals surface area contributed by atoms with Crippen LogP contribution < -0.4 is 5.32 Å². The van der Waals surface area contributed by atoms with Crippen molar-refractivity contribution in [2.24, 2.45) is 0 Å². The van der Waals surface area contributed by atoms with E-state index in [9.17, 15) is 4.79 Å². The summed E-state index contributed by atoms with van der Waals surface area (Å²) >= 11 is 0. The molecule has 1 aliphatic carbocycles. The van der Waals surface area contributed by atoms with Crippen molar-refractivity contribution >= 4 is 11.9 Å². The zero-order chi connectivity index (χ0) is 9.26. The summed E-state index contributed by atoms with van der Waals surface area (Å²) < 4.78 is 0. The SMILES string of the molecule is O=C(O)c1cnnc(NC2CC2)n1. The number of aromatic carboxylic acids is 1. The van der Waals surface area contributed by atoms with Crippen LogP contribution in [0.5, 0.6) is 0 Å². The Morgan fingerprint density at radius 1 is 1.62 bits per heavy atom. The number of anilines is 1. The topological polar surface area (TPSA) is 88.0 Å². The number of carbonyl (C=O) groups is 1. The predicted octanol–water partition coefficient (Wildman–Crippen LogP) is 0.144. The minimum absolute atomic E-state index is 0.0850. The van der Waals surface area contributed by atoms with Crippen LogP contribution in [0.25, 0.3) is 0 Å². The molecule has 2 N–H and O–H groups in total. The molecule has 0 radical (unpaired) electrons. The van der Waals surface area contributed by atoms with Crippen LogP contribution in [0.1, 0.15) is 23.3 Å². The van der Waals surface area contributed by atoms with Gasteiger partial charge in [0.05, 0.1) is 6.20 Å². The Bertz CT molecular complexity index is 337. The molecule has 0 spiro atoms. The highest BCUT2D eigenvalue weighted by Gasteiger charge is 2.22. The smallest absolute Gasteiger partial charge is 0.356 e. The summed E-state index contributed by atoms with van der Waals surface area (Å²) in [7, 11) is 0. The van der Waals surface area contributed by atoms with Gasteiger partial charge in [0.15, 0.2) is 5.69 Å². The number of carboxylic acids is 1. The molecule has 1 heterocycles. The van der Waals surface area contributed by atoms with Crippen molar-refractivity contribution in [2.45, 2.75) is 18.9 Å². The van der Waals surface area contributed by atoms with Crippen LogP contribution in [-0.2, 0) is 0 Å². The van der Waals surface area contributed by atoms with Crippen molar-refractivity contribution in [1.82, 2.24) is 15.2 Å². The van der Waals surface area contributed by atoms with E-state index < -0.39 is 5.97 Å². The fourth-order valence-corrected chi connectivity index (χ4v) is 0.878. The highest BCUT2D eigenvalue weighted by Crippen LogP contribution is 2.22. The first-order chi connectivity index (χ1) is 6.25. The number of carboxylic acid groups (broad SMARTS) is 1. The molecule has 0 bridgehead atoms. The van der Waals surface area contributed by atoms with Gasteiger partial charge in [-0.25, -0.2) is 9.78 Å². The van der Waals surface area contributed by atoms with E-state index in [0.29, 0.717) is 12.0 Å². The third-order valence-corrected chi connectivity index (χ3v) is 1.69. The molecule has 0 saturated heterocycles. The molecule has 2 rings (SSSR count). The minimum Gasteiger partial charge on any atom is -0.476 e. The van der Waals surface area contributed by atoms with Gasteiger partial charge in [-0.2, -0.15) is 5.10 Å². The largest absolute Gasteiger partial charge is 0.476 e. The third-order valence-electron chi connectivity index (χ3n) is 1.69. The molecule has 13 heavy (non-hydrogen) atoms. The highest BCUT2D eigenvalue weighted by molar-refractivity contribution is 5.85. The Morgan fingerprint density at radius 3 is 3.00 bits per heavy atom. The van der Waals surface area contributed by atoms with Gasteiger partial charge < -0.3 is 10.4 Å². The number of hydrogen-bond donors (Lipinski definition) is 2.